The zero-order valence-electron chi connectivity index (χ0n) is 17.1. The number of aryl methyl sites for hydroxylation is 2. The highest BCUT2D eigenvalue weighted by Gasteiger charge is 2.20. The molecule has 2 aromatic rings. The second-order valence-electron chi connectivity index (χ2n) is 7.47. The average Bonchev–Trinajstić information content (AvgIpc) is 3.21. The monoisotopic (exact) mass is 429 g/mol. The number of unbranched alkanes of at least 4 members (excludes halogenated alkanes) is 1. The van der Waals surface area contributed by atoms with Crippen LogP contribution in [0.3, 0.4) is 0 Å². The van der Waals surface area contributed by atoms with E-state index in [1.807, 2.05) is 13.0 Å². The smallest absolute Gasteiger partial charge is 0.338 e. The Kier molecular flexibility index (Phi) is 7.26. The van der Waals surface area contributed by atoms with Gasteiger partial charge in [-0.15, -0.1) is 0 Å². The van der Waals surface area contributed by atoms with E-state index >= 15 is 0 Å². The molecule has 7 heteroatoms. The van der Waals surface area contributed by atoms with E-state index in [9.17, 15) is 18.0 Å². The van der Waals surface area contributed by atoms with Crippen LogP contribution in [-0.4, -0.2) is 32.7 Å². The van der Waals surface area contributed by atoms with Gasteiger partial charge in [0.25, 0.3) is 0 Å². The van der Waals surface area contributed by atoms with Crippen molar-refractivity contribution >= 4 is 27.4 Å². The van der Waals surface area contributed by atoms with Crippen LogP contribution in [0.25, 0.3) is 0 Å². The number of fused-ring (bicyclic) bond motifs is 1. The first-order valence-electron chi connectivity index (χ1n) is 10.3. The number of sulfone groups is 1. The third-order valence-electron chi connectivity index (χ3n) is 5.16. The van der Waals surface area contributed by atoms with Crippen molar-refractivity contribution in [1.82, 2.24) is 0 Å². The number of nitrogens with one attached hydrogen (secondary N) is 1. The Labute approximate surface area is 177 Å². The van der Waals surface area contributed by atoms with Gasteiger partial charge >= 0.3 is 5.97 Å². The van der Waals surface area contributed by atoms with Crippen molar-refractivity contribution in [2.45, 2.75) is 50.3 Å². The van der Waals surface area contributed by atoms with Gasteiger partial charge in [-0.2, -0.15) is 0 Å². The molecule has 160 valence electrons. The van der Waals surface area contributed by atoms with E-state index in [4.69, 9.17) is 4.74 Å². The topological polar surface area (TPSA) is 89.5 Å². The first-order valence-corrected chi connectivity index (χ1v) is 12.0. The molecule has 6 nitrogen and oxygen atoms in total. The summed E-state index contributed by atoms with van der Waals surface area (Å²) in [5.41, 5.74) is 3.21. The predicted octanol–water partition coefficient (Wildman–Crippen LogP) is 3.93. The van der Waals surface area contributed by atoms with Crippen molar-refractivity contribution < 1.29 is 22.7 Å². The van der Waals surface area contributed by atoms with Gasteiger partial charge in [0.15, 0.2) is 9.84 Å². The van der Waals surface area contributed by atoms with E-state index in [-0.39, 0.29) is 17.1 Å². The minimum absolute atomic E-state index is 0.139. The number of amides is 1. The van der Waals surface area contributed by atoms with Crippen molar-refractivity contribution in [1.29, 1.82) is 0 Å². The number of carbonyl (C=O) groups is 2. The van der Waals surface area contributed by atoms with Crippen LogP contribution in [0.1, 0.15) is 54.1 Å². The lowest BCUT2D eigenvalue weighted by Gasteiger charge is -2.09. The Balaban J connectivity index is 1.52. The van der Waals surface area contributed by atoms with Gasteiger partial charge in [0.05, 0.1) is 22.8 Å². The molecule has 0 unspecified atom stereocenters. The fourth-order valence-electron chi connectivity index (χ4n) is 3.39. The maximum absolute atomic E-state index is 12.6. The molecule has 0 radical (unpaired) electrons. The minimum atomic E-state index is -3.52. The Hall–Kier alpha value is -2.67. The first-order chi connectivity index (χ1) is 14.4. The molecule has 1 aliphatic carbocycles. The van der Waals surface area contributed by atoms with Gasteiger partial charge in [0.1, 0.15) is 0 Å². The quantitative estimate of drug-likeness (QED) is 0.482. The van der Waals surface area contributed by atoms with Crippen LogP contribution in [0.2, 0.25) is 0 Å². The van der Waals surface area contributed by atoms with Crippen molar-refractivity contribution in [2.75, 3.05) is 17.7 Å². The van der Waals surface area contributed by atoms with Crippen molar-refractivity contribution in [3.8, 4) is 0 Å². The van der Waals surface area contributed by atoms with Crippen LogP contribution in [0.4, 0.5) is 5.69 Å². The summed E-state index contributed by atoms with van der Waals surface area (Å²) in [6.45, 7) is 2.40. The molecular formula is C23H27NO5S. The molecule has 0 aliphatic heterocycles. The summed E-state index contributed by atoms with van der Waals surface area (Å²) < 4.78 is 30.3. The Bertz CT molecular complexity index is 1010. The molecule has 1 amide bonds. The fraction of sp³-hybridized carbons (Fsp3) is 0.391. The Morgan fingerprint density at radius 1 is 1.03 bits per heavy atom. The zero-order chi connectivity index (χ0) is 21.6. The van der Waals surface area contributed by atoms with E-state index in [2.05, 4.69) is 5.32 Å². The lowest BCUT2D eigenvalue weighted by Crippen LogP contribution is -2.17. The van der Waals surface area contributed by atoms with Crippen LogP contribution in [0.5, 0.6) is 0 Å². The summed E-state index contributed by atoms with van der Waals surface area (Å²) >= 11 is 0. The lowest BCUT2D eigenvalue weighted by atomic mass is 10.1. The first kappa shape index (κ1) is 22.0. The molecule has 0 spiro atoms. The summed E-state index contributed by atoms with van der Waals surface area (Å²) in [6.07, 6.45) is 4.57. The third-order valence-corrected chi connectivity index (χ3v) is 6.88. The van der Waals surface area contributed by atoms with Crippen LogP contribution < -0.4 is 5.32 Å². The molecular weight excluding hydrogens is 402 g/mol. The highest BCUT2D eigenvalue weighted by molar-refractivity contribution is 7.91. The van der Waals surface area contributed by atoms with Gasteiger partial charge in [-0.3, -0.25) is 4.79 Å². The molecule has 0 fully saturated rings. The molecule has 0 bridgehead atoms. The van der Waals surface area contributed by atoms with E-state index in [1.54, 1.807) is 36.4 Å². The van der Waals surface area contributed by atoms with Gasteiger partial charge in [-0.05, 0) is 73.2 Å². The van der Waals surface area contributed by atoms with Gasteiger partial charge in [0, 0.05) is 12.1 Å². The minimum Gasteiger partial charge on any atom is -0.462 e. The highest BCUT2D eigenvalue weighted by Crippen LogP contribution is 2.25. The molecule has 0 aromatic heterocycles. The Morgan fingerprint density at radius 2 is 1.77 bits per heavy atom. The molecule has 0 saturated heterocycles. The van der Waals surface area contributed by atoms with E-state index in [0.717, 1.165) is 37.7 Å². The second kappa shape index (κ2) is 9.89. The van der Waals surface area contributed by atoms with Crippen molar-refractivity contribution in [3.05, 3.63) is 59.2 Å². The molecule has 0 saturated carbocycles. The summed E-state index contributed by atoms with van der Waals surface area (Å²) in [7, 11) is -3.52. The number of ether oxygens (including phenoxy) is 1. The van der Waals surface area contributed by atoms with E-state index in [0.29, 0.717) is 17.9 Å². The molecule has 0 heterocycles. The second-order valence-corrected chi connectivity index (χ2v) is 9.58. The van der Waals surface area contributed by atoms with Crippen molar-refractivity contribution in [2.24, 2.45) is 0 Å². The molecule has 2 aromatic carbocycles. The number of benzene rings is 2. The zero-order valence-corrected chi connectivity index (χ0v) is 18.0. The molecule has 0 atom stereocenters. The van der Waals surface area contributed by atoms with Gasteiger partial charge < -0.3 is 10.1 Å². The molecule has 30 heavy (non-hydrogen) atoms. The van der Waals surface area contributed by atoms with Gasteiger partial charge in [0.2, 0.25) is 5.91 Å². The predicted molar refractivity (Wildman–Crippen MR) is 115 cm³/mol. The fourth-order valence-corrected chi connectivity index (χ4v) is 4.68. The van der Waals surface area contributed by atoms with Crippen molar-refractivity contribution in [3.63, 3.8) is 0 Å². The summed E-state index contributed by atoms with van der Waals surface area (Å²) in [4.78, 5) is 24.4. The van der Waals surface area contributed by atoms with E-state index < -0.39 is 21.7 Å². The van der Waals surface area contributed by atoms with Gasteiger partial charge in [-0.25, -0.2) is 13.2 Å². The third kappa shape index (κ3) is 5.69. The maximum atomic E-state index is 12.6. The number of esters is 1. The standard InChI is InChI=1S/C23H27NO5S/c1-2-3-14-29-23(26)18-7-10-20(11-8-18)24-22(25)13-15-30(27,28)21-12-9-17-5-4-6-19(17)16-21/h7-12,16H,2-6,13-15H2,1H3,(H,24,25). The highest BCUT2D eigenvalue weighted by atomic mass is 32.2. The molecule has 1 N–H and O–H groups in total. The summed E-state index contributed by atoms with van der Waals surface area (Å²) in [6, 6.07) is 11.6. The van der Waals surface area contributed by atoms with Crippen LogP contribution in [0.15, 0.2) is 47.4 Å². The molecule has 1 aliphatic rings. The average molecular weight is 430 g/mol. The number of hydrogen-bond donors (Lipinski definition) is 1. The van der Waals surface area contributed by atoms with Crippen LogP contribution in [-0.2, 0) is 32.2 Å². The Morgan fingerprint density at radius 3 is 2.50 bits per heavy atom. The lowest BCUT2D eigenvalue weighted by molar-refractivity contribution is -0.115. The number of anilines is 1. The van der Waals surface area contributed by atoms with E-state index in [1.165, 1.54) is 5.56 Å². The summed E-state index contributed by atoms with van der Waals surface area (Å²) in [5.74, 6) is -1.04. The SMILES string of the molecule is CCCCOC(=O)c1ccc(NC(=O)CCS(=O)(=O)c2ccc3c(c2)CCC3)cc1. The number of carbonyl (C=O) groups excluding carboxylic acids is 2. The largest absolute Gasteiger partial charge is 0.462 e. The number of hydrogen-bond acceptors (Lipinski definition) is 5. The summed E-state index contributed by atoms with van der Waals surface area (Å²) in [5, 5.41) is 2.67. The maximum Gasteiger partial charge on any atom is 0.338 e. The molecule has 3 rings (SSSR count). The van der Waals surface area contributed by atoms with Crippen LogP contribution >= 0.6 is 0 Å². The van der Waals surface area contributed by atoms with Gasteiger partial charge in [-0.1, -0.05) is 19.4 Å². The van der Waals surface area contributed by atoms with Crippen LogP contribution in [0, 0.1) is 0 Å². The number of rotatable bonds is 9. The normalized spacial score (nSPS) is 13.0.